The van der Waals surface area contributed by atoms with Crippen molar-refractivity contribution >= 4 is 17.9 Å². The van der Waals surface area contributed by atoms with E-state index >= 15 is 0 Å². The number of rotatable bonds is 2. The third-order valence-corrected chi connectivity index (χ3v) is 2.16. The predicted octanol–water partition coefficient (Wildman–Crippen LogP) is 2.42. The van der Waals surface area contributed by atoms with Gasteiger partial charge in [0.25, 0.3) is 0 Å². The van der Waals surface area contributed by atoms with Gasteiger partial charge in [-0.25, -0.2) is 4.98 Å². The van der Waals surface area contributed by atoms with E-state index in [9.17, 15) is 4.79 Å². The maximum Gasteiger partial charge on any atom is 0.168 e. The highest BCUT2D eigenvalue weighted by atomic mass is 35.5. The molecule has 0 aromatic carbocycles. The molecule has 0 amide bonds. The minimum absolute atomic E-state index is 0.435. The van der Waals surface area contributed by atoms with E-state index in [1.807, 2.05) is 6.07 Å². The van der Waals surface area contributed by atoms with Crippen LogP contribution in [-0.4, -0.2) is 11.3 Å². The second kappa shape index (κ2) is 2.87. The zero-order valence-corrected chi connectivity index (χ0v) is 7.21. The summed E-state index contributed by atoms with van der Waals surface area (Å²) in [6.45, 7) is 0. The summed E-state index contributed by atoms with van der Waals surface area (Å²) in [5.74, 6) is 0.544. The van der Waals surface area contributed by atoms with Gasteiger partial charge in [0.2, 0.25) is 0 Å². The number of pyridine rings is 1. The minimum Gasteiger partial charge on any atom is -0.296 e. The number of hydrogen-bond acceptors (Lipinski definition) is 2. The summed E-state index contributed by atoms with van der Waals surface area (Å²) in [6, 6.07) is 3.42. The minimum atomic E-state index is 0.435. The topological polar surface area (TPSA) is 30.0 Å². The maximum atomic E-state index is 10.4. The number of halogens is 1. The highest BCUT2D eigenvalue weighted by Crippen LogP contribution is 2.39. The van der Waals surface area contributed by atoms with Crippen LogP contribution in [0, 0.1) is 0 Å². The Morgan fingerprint density at radius 2 is 2.25 bits per heavy atom. The maximum absolute atomic E-state index is 10.4. The van der Waals surface area contributed by atoms with Crippen LogP contribution >= 0.6 is 11.6 Å². The second-order valence-electron chi connectivity index (χ2n) is 3.03. The molecule has 12 heavy (non-hydrogen) atoms. The fourth-order valence-corrected chi connectivity index (χ4v) is 1.41. The molecule has 1 aliphatic rings. The summed E-state index contributed by atoms with van der Waals surface area (Å²) < 4.78 is 0. The molecule has 0 bridgehead atoms. The van der Waals surface area contributed by atoms with Crippen LogP contribution in [0.2, 0.25) is 5.02 Å². The lowest BCUT2D eigenvalue weighted by atomic mass is 10.2. The van der Waals surface area contributed by atoms with Gasteiger partial charge in [0.05, 0.1) is 0 Å². The molecular weight excluding hydrogens is 174 g/mol. The Morgan fingerprint density at radius 3 is 2.83 bits per heavy atom. The highest BCUT2D eigenvalue weighted by molar-refractivity contribution is 6.30. The summed E-state index contributed by atoms with van der Waals surface area (Å²) in [6.07, 6.45) is 3.08. The second-order valence-corrected chi connectivity index (χ2v) is 3.46. The van der Waals surface area contributed by atoms with Crippen molar-refractivity contribution in [1.82, 2.24) is 4.98 Å². The van der Waals surface area contributed by atoms with Gasteiger partial charge in [0.15, 0.2) is 6.29 Å². The fourth-order valence-electron chi connectivity index (χ4n) is 1.19. The van der Waals surface area contributed by atoms with Crippen LogP contribution in [-0.2, 0) is 0 Å². The van der Waals surface area contributed by atoms with Crippen LogP contribution in [0.3, 0.4) is 0 Å². The molecule has 0 N–H and O–H groups in total. The Morgan fingerprint density at radius 1 is 1.50 bits per heavy atom. The molecule has 1 aliphatic carbocycles. The standard InChI is InChI=1S/C9H8ClNO/c10-7-3-8(5-12)11-9(4-7)6-1-2-6/h3-6H,1-2H2. The average Bonchev–Trinajstić information content (AvgIpc) is 2.85. The molecule has 1 heterocycles. The van der Waals surface area contributed by atoms with Gasteiger partial charge in [-0.05, 0) is 25.0 Å². The Labute approximate surface area is 75.6 Å². The quantitative estimate of drug-likeness (QED) is 0.656. The summed E-state index contributed by atoms with van der Waals surface area (Å²) in [5, 5.41) is 0.606. The number of carbonyl (C=O) groups is 1. The number of hydrogen-bond donors (Lipinski definition) is 0. The van der Waals surface area contributed by atoms with Crippen molar-refractivity contribution in [2.45, 2.75) is 18.8 Å². The van der Waals surface area contributed by atoms with Crippen molar-refractivity contribution in [2.75, 3.05) is 0 Å². The van der Waals surface area contributed by atoms with Crippen molar-refractivity contribution in [3.8, 4) is 0 Å². The van der Waals surface area contributed by atoms with Crippen LogP contribution in [0.4, 0.5) is 0 Å². The molecule has 1 aromatic heterocycles. The molecule has 1 fully saturated rings. The lowest BCUT2D eigenvalue weighted by molar-refractivity contribution is 0.111. The Kier molecular flexibility index (Phi) is 1.85. The third kappa shape index (κ3) is 1.48. The zero-order valence-electron chi connectivity index (χ0n) is 6.46. The van der Waals surface area contributed by atoms with E-state index in [2.05, 4.69) is 4.98 Å². The summed E-state index contributed by atoms with van der Waals surface area (Å²) in [5.41, 5.74) is 1.40. The summed E-state index contributed by atoms with van der Waals surface area (Å²) >= 11 is 5.80. The molecule has 1 saturated carbocycles. The van der Waals surface area contributed by atoms with Crippen LogP contribution in [0.5, 0.6) is 0 Å². The van der Waals surface area contributed by atoms with Gasteiger partial charge < -0.3 is 0 Å². The van der Waals surface area contributed by atoms with Crippen molar-refractivity contribution in [3.63, 3.8) is 0 Å². The van der Waals surface area contributed by atoms with Crippen LogP contribution in [0.25, 0.3) is 0 Å². The first-order chi connectivity index (χ1) is 5.79. The Hall–Kier alpha value is -0.890. The lowest BCUT2D eigenvalue weighted by Gasteiger charge is -1.98. The van der Waals surface area contributed by atoms with Crippen molar-refractivity contribution in [3.05, 3.63) is 28.5 Å². The van der Waals surface area contributed by atoms with E-state index in [-0.39, 0.29) is 0 Å². The SMILES string of the molecule is O=Cc1cc(Cl)cc(C2CC2)n1. The molecule has 0 atom stereocenters. The molecule has 2 rings (SSSR count). The van der Waals surface area contributed by atoms with E-state index in [0.717, 1.165) is 12.0 Å². The van der Waals surface area contributed by atoms with E-state index in [1.165, 1.54) is 12.8 Å². The average molecular weight is 182 g/mol. The van der Waals surface area contributed by atoms with Gasteiger partial charge in [0.1, 0.15) is 5.69 Å². The summed E-state index contributed by atoms with van der Waals surface area (Å²) in [4.78, 5) is 14.6. The number of nitrogens with zero attached hydrogens (tertiary/aromatic N) is 1. The van der Waals surface area contributed by atoms with E-state index < -0.39 is 0 Å². The molecule has 0 radical (unpaired) electrons. The molecule has 0 spiro atoms. The third-order valence-electron chi connectivity index (χ3n) is 1.95. The van der Waals surface area contributed by atoms with Gasteiger partial charge >= 0.3 is 0 Å². The van der Waals surface area contributed by atoms with Crippen LogP contribution < -0.4 is 0 Å². The lowest BCUT2D eigenvalue weighted by Crippen LogP contribution is -1.92. The molecule has 2 nitrogen and oxygen atoms in total. The predicted molar refractivity (Wildman–Crippen MR) is 46.6 cm³/mol. The zero-order chi connectivity index (χ0) is 8.55. The smallest absolute Gasteiger partial charge is 0.168 e. The first kappa shape index (κ1) is 7.74. The van der Waals surface area contributed by atoms with Crippen molar-refractivity contribution in [2.24, 2.45) is 0 Å². The normalized spacial score (nSPS) is 16.1. The molecule has 0 aliphatic heterocycles. The first-order valence-electron chi connectivity index (χ1n) is 3.92. The highest BCUT2D eigenvalue weighted by Gasteiger charge is 2.25. The van der Waals surface area contributed by atoms with Gasteiger partial charge in [-0.2, -0.15) is 0 Å². The molecule has 0 unspecified atom stereocenters. The largest absolute Gasteiger partial charge is 0.296 e. The van der Waals surface area contributed by atoms with Gasteiger partial charge in [0, 0.05) is 16.6 Å². The molecule has 0 saturated heterocycles. The first-order valence-corrected chi connectivity index (χ1v) is 4.30. The van der Waals surface area contributed by atoms with Crippen molar-refractivity contribution < 1.29 is 4.79 Å². The van der Waals surface area contributed by atoms with Gasteiger partial charge in [-0.1, -0.05) is 11.6 Å². The number of aromatic nitrogens is 1. The monoisotopic (exact) mass is 181 g/mol. The number of carbonyl (C=O) groups excluding carboxylic acids is 1. The fraction of sp³-hybridized carbons (Fsp3) is 0.333. The van der Waals surface area contributed by atoms with Gasteiger partial charge in [-0.15, -0.1) is 0 Å². The Bertz CT molecular complexity index is 320. The molecule has 62 valence electrons. The molecular formula is C9H8ClNO. The van der Waals surface area contributed by atoms with Crippen molar-refractivity contribution in [1.29, 1.82) is 0 Å². The van der Waals surface area contributed by atoms with Gasteiger partial charge in [-0.3, -0.25) is 4.79 Å². The van der Waals surface area contributed by atoms with E-state index in [0.29, 0.717) is 16.6 Å². The molecule has 3 heteroatoms. The van der Waals surface area contributed by atoms with Crippen LogP contribution in [0.15, 0.2) is 12.1 Å². The van der Waals surface area contributed by atoms with E-state index in [4.69, 9.17) is 11.6 Å². The van der Waals surface area contributed by atoms with Crippen LogP contribution in [0.1, 0.15) is 34.9 Å². The Balaban J connectivity index is 2.40. The molecule has 1 aromatic rings. The van der Waals surface area contributed by atoms with E-state index in [1.54, 1.807) is 6.07 Å². The summed E-state index contributed by atoms with van der Waals surface area (Å²) in [7, 11) is 0. The number of aldehydes is 1.